The van der Waals surface area contributed by atoms with E-state index in [2.05, 4.69) is 0 Å². The van der Waals surface area contributed by atoms with Crippen LogP contribution in [0.1, 0.15) is 44.7 Å². The van der Waals surface area contributed by atoms with Gasteiger partial charge in [0.1, 0.15) is 5.82 Å². The zero-order valence-electron chi connectivity index (χ0n) is 14.9. The standard InChI is InChI=1S/C21H20ClFO3/c1-4-6-14(11-13(2)24)16-7-5-8-19-20(16)26-21(3,25-19)17-10-9-15(22)12-18(17)23/h5,7-12H,4,6H2,1-3H3/b14-11+/t21-/m0/s1. The second-order valence-corrected chi connectivity index (χ2v) is 6.87. The smallest absolute Gasteiger partial charge is 0.278 e. The van der Waals surface area contributed by atoms with Crippen LogP contribution in [0.5, 0.6) is 11.5 Å². The molecule has 0 bridgehead atoms. The van der Waals surface area contributed by atoms with Gasteiger partial charge in [-0.1, -0.05) is 37.1 Å². The van der Waals surface area contributed by atoms with Crippen molar-refractivity contribution in [3.63, 3.8) is 0 Å². The van der Waals surface area contributed by atoms with Gasteiger partial charge in [-0.05, 0) is 49.3 Å². The molecule has 0 unspecified atom stereocenters. The van der Waals surface area contributed by atoms with Crippen LogP contribution in [0.15, 0.2) is 42.5 Å². The van der Waals surface area contributed by atoms with Crippen LogP contribution in [0.3, 0.4) is 0 Å². The lowest BCUT2D eigenvalue weighted by Crippen LogP contribution is -2.32. The fourth-order valence-electron chi connectivity index (χ4n) is 3.15. The van der Waals surface area contributed by atoms with E-state index in [4.69, 9.17) is 21.1 Å². The van der Waals surface area contributed by atoms with E-state index in [1.165, 1.54) is 13.0 Å². The first-order valence-electron chi connectivity index (χ1n) is 8.52. The minimum atomic E-state index is -1.30. The number of fused-ring (bicyclic) bond motifs is 1. The number of hydrogen-bond donors (Lipinski definition) is 0. The number of carbonyl (C=O) groups excluding carboxylic acids is 1. The summed E-state index contributed by atoms with van der Waals surface area (Å²) in [6.45, 7) is 5.22. The molecule has 1 heterocycles. The molecule has 1 aliphatic heterocycles. The largest absolute Gasteiger partial charge is 0.444 e. The lowest BCUT2D eigenvalue weighted by molar-refractivity contribution is -0.112. The SMILES string of the molecule is CCC/C(=C\C(C)=O)c1cccc2c1O[C@@](C)(c1ccc(Cl)cc1F)O2. The molecule has 1 aliphatic rings. The first-order valence-corrected chi connectivity index (χ1v) is 8.90. The first-order chi connectivity index (χ1) is 12.3. The zero-order valence-corrected chi connectivity index (χ0v) is 15.7. The van der Waals surface area contributed by atoms with E-state index < -0.39 is 11.6 Å². The summed E-state index contributed by atoms with van der Waals surface area (Å²) in [5.41, 5.74) is 1.93. The zero-order chi connectivity index (χ0) is 18.9. The van der Waals surface area contributed by atoms with Crippen molar-refractivity contribution in [3.8, 4) is 11.5 Å². The Morgan fingerprint density at radius 2 is 2.04 bits per heavy atom. The van der Waals surface area contributed by atoms with Crippen molar-refractivity contribution in [2.75, 3.05) is 0 Å². The van der Waals surface area contributed by atoms with Crippen LogP contribution < -0.4 is 9.47 Å². The number of carbonyl (C=O) groups is 1. The van der Waals surface area contributed by atoms with Crippen molar-refractivity contribution in [2.24, 2.45) is 0 Å². The van der Waals surface area contributed by atoms with Crippen LogP contribution in [-0.2, 0) is 10.6 Å². The summed E-state index contributed by atoms with van der Waals surface area (Å²) < 4.78 is 26.5. The normalized spacial score (nSPS) is 18.9. The fraction of sp³-hybridized carbons (Fsp3) is 0.286. The van der Waals surface area contributed by atoms with Gasteiger partial charge in [0.25, 0.3) is 5.79 Å². The average molecular weight is 375 g/mol. The van der Waals surface area contributed by atoms with E-state index in [-0.39, 0.29) is 11.3 Å². The summed E-state index contributed by atoms with van der Waals surface area (Å²) >= 11 is 5.85. The predicted octanol–water partition coefficient (Wildman–Crippen LogP) is 5.90. The quantitative estimate of drug-likeness (QED) is 0.611. The number of rotatable bonds is 5. The van der Waals surface area contributed by atoms with Gasteiger partial charge in [-0.15, -0.1) is 0 Å². The Labute approximate surface area is 157 Å². The summed E-state index contributed by atoms with van der Waals surface area (Å²) in [5.74, 6) is -0.796. The van der Waals surface area contributed by atoms with Crippen molar-refractivity contribution in [1.82, 2.24) is 0 Å². The van der Waals surface area contributed by atoms with Gasteiger partial charge in [0.05, 0.1) is 5.56 Å². The molecule has 0 N–H and O–H groups in total. The summed E-state index contributed by atoms with van der Waals surface area (Å²) in [5, 5.41) is 0.306. The highest BCUT2D eigenvalue weighted by molar-refractivity contribution is 6.30. The third-order valence-corrected chi connectivity index (χ3v) is 4.48. The molecule has 0 radical (unpaired) electrons. The highest BCUT2D eigenvalue weighted by Crippen LogP contribution is 2.48. The second kappa shape index (κ2) is 7.12. The van der Waals surface area contributed by atoms with E-state index in [0.717, 1.165) is 24.0 Å². The molecule has 0 saturated carbocycles. The maximum atomic E-state index is 14.4. The van der Waals surface area contributed by atoms with Gasteiger partial charge >= 0.3 is 0 Å². The van der Waals surface area contributed by atoms with Crippen molar-refractivity contribution in [2.45, 2.75) is 39.4 Å². The van der Waals surface area contributed by atoms with Crippen molar-refractivity contribution >= 4 is 23.0 Å². The predicted molar refractivity (Wildman–Crippen MR) is 100 cm³/mol. The maximum absolute atomic E-state index is 14.4. The Kier molecular flexibility index (Phi) is 5.05. The highest BCUT2D eigenvalue weighted by atomic mass is 35.5. The Bertz CT molecular complexity index is 891. The summed E-state index contributed by atoms with van der Waals surface area (Å²) in [4.78, 5) is 11.6. The number of hydrogen-bond acceptors (Lipinski definition) is 3. The maximum Gasteiger partial charge on any atom is 0.278 e. The average Bonchev–Trinajstić information content (AvgIpc) is 2.90. The van der Waals surface area contributed by atoms with E-state index in [0.29, 0.717) is 16.5 Å². The lowest BCUT2D eigenvalue weighted by Gasteiger charge is -2.24. The Hall–Kier alpha value is -2.33. The van der Waals surface area contributed by atoms with Crippen LogP contribution in [0, 0.1) is 5.82 Å². The van der Waals surface area contributed by atoms with Gasteiger partial charge in [-0.25, -0.2) is 4.39 Å². The highest BCUT2D eigenvalue weighted by Gasteiger charge is 2.42. The number of benzene rings is 2. The number of halogens is 2. The van der Waals surface area contributed by atoms with Crippen LogP contribution in [0.25, 0.3) is 5.57 Å². The molecule has 136 valence electrons. The van der Waals surface area contributed by atoms with Crippen molar-refractivity contribution in [1.29, 1.82) is 0 Å². The van der Waals surface area contributed by atoms with Crippen LogP contribution in [0.2, 0.25) is 5.02 Å². The Balaban J connectivity index is 2.05. The molecule has 5 heteroatoms. The first kappa shape index (κ1) is 18.5. The molecule has 3 nitrogen and oxygen atoms in total. The van der Waals surface area contributed by atoms with Crippen molar-refractivity contribution in [3.05, 3.63) is 64.4 Å². The van der Waals surface area contributed by atoms with Gasteiger partial charge in [-0.3, -0.25) is 4.79 Å². The van der Waals surface area contributed by atoms with Crippen LogP contribution in [-0.4, -0.2) is 5.78 Å². The number of ketones is 1. The molecular weight excluding hydrogens is 355 g/mol. The summed E-state index contributed by atoms with van der Waals surface area (Å²) in [6.07, 6.45) is 3.22. The molecule has 26 heavy (non-hydrogen) atoms. The molecule has 0 fully saturated rings. The van der Waals surface area contributed by atoms with E-state index in [1.54, 1.807) is 31.2 Å². The molecule has 0 saturated heterocycles. The van der Waals surface area contributed by atoms with Crippen LogP contribution >= 0.6 is 11.6 Å². The third kappa shape index (κ3) is 3.47. The second-order valence-electron chi connectivity index (χ2n) is 6.44. The van der Waals surface area contributed by atoms with Gasteiger partial charge in [0, 0.05) is 17.5 Å². The van der Waals surface area contributed by atoms with E-state index in [9.17, 15) is 9.18 Å². The molecule has 0 aromatic heterocycles. The monoisotopic (exact) mass is 374 g/mol. The lowest BCUT2D eigenvalue weighted by atomic mass is 9.99. The fourth-order valence-corrected chi connectivity index (χ4v) is 3.31. The molecule has 0 aliphatic carbocycles. The summed E-state index contributed by atoms with van der Waals surface area (Å²) in [6, 6.07) is 9.88. The minimum absolute atomic E-state index is 0.0310. The summed E-state index contributed by atoms with van der Waals surface area (Å²) in [7, 11) is 0. The number of allylic oxidation sites excluding steroid dienone is 2. The molecule has 2 aromatic rings. The number of para-hydroxylation sites is 1. The molecule has 3 rings (SSSR count). The molecule has 0 spiro atoms. The van der Waals surface area contributed by atoms with Gasteiger partial charge in [0.15, 0.2) is 17.3 Å². The van der Waals surface area contributed by atoms with E-state index >= 15 is 0 Å². The number of ether oxygens (including phenoxy) is 2. The minimum Gasteiger partial charge on any atom is -0.444 e. The topological polar surface area (TPSA) is 35.5 Å². The van der Waals surface area contributed by atoms with Gasteiger partial charge in [0.2, 0.25) is 0 Å². The third-order valence-electron chi connectivity index (χ3n) is 4.24. The van der Waals surface area contributed by atoms with Crippen molar-refractivity contribution < 1.29 is 18.7 Å². The Morgan fingerprint density at radius 3 is 2.69 bits per heavy atom. The Morgan fingerprint density at radius 1 is 1.27 bits per heavy atom. The van der Waals surface area contributed by atoms with Crippen LogP contribution in [0.4, 0.5) is 4.39 Å². The van der Waals surface area contributed by atoms with E-state index in [1.807, 2.05) is 19.1 Å². The molecular formula is C21H20ClFO3. The molecule has 2 aromatic carbocycles. The molecule has 0 amide bonds. The molecule has 1 atom stereocenters. The van der Waals surface area contributed by atoms with Gasteiger partial charge < -0.3 is 9.47 Å². The van der Waals surface area contributed by atoms with Gasteiger partial charge in [-0.2, -0.15) is 0 Å².